The first-order valence-electron chi connectivity index (χ1n) is 9.39. The topological polar surface area (TPSA) is 50.2 Å². The minimum Gasteiger partial charge on any atom is -0.342 e. The average molecular weight is 440 g/mol. The van der Waals surface area contributed by atoms with Crippen LogP contribution in [-0.2, 0) is 4.79 Å². The number of likely N-dealkylation sites (tertiary alicyclic amines) is 1. The summed E-state index contributed by atoms with van der Waals surface area (Å²) >= 11 is 18.7. The molecule has 0 radical (unpaired) electrons. The summed E-state index contributed by atoms with van der Waals surface area (Å²) in [4.78, 5) is 15.6. The summed E-state index contributed by atoms with van der Waals surface area (Å²) < 4.78 is 1.75. The molecule has 2 aromatic rings. The fourth-order valence-electron chi connectivity index (χ4n) is 4.18. The number of amides is 1. The molecule has 3 heterocycles. The fraction of sp³-hybridized carbons (Fsp3) is 0.400. The van der Waals surface area contributed by atoms with Crippen LogP contribution in [0.2, 0.25) is 15.1 Å². The third-order valence-electron chi connectivity index (χ3n) is 5.58. The first-order valence-corrected chi connectivity index (χ1v) is 10.5. The van der Waals surface area contributed by atoms with E-state index in [4.69, 9.17) is 34.8 Å². The molecule has 8 heteroatoms. The normalized spacial score (nSPS) is 21.7. The molecule has 2 aliphatic heterocycles. The van der Waals surface area contributed by atoms with Gasteiger partial charge in [-0.25, -0.2) is 4.68 Å². The molecule has 1 amide bonds. The number of halogens is 3. The Morgan fingerprint density at radius 3 is 2.75 bits per heavy atom. The molecule has 28 heavy (non-hydrogen) atoms. The first kappa shape index (κ1) is 19.6. The highest BCUT2D eigenvalue weighted by atomic mass is 35.5. The number of anilines is 1. The van der Waals surface area contributed by atoms with E-state index in [1.54, 1.807) is 23.0 Å². The summed E-state index contributed by atoms with van der Waals surface area (Å²) in [6, 6.07) is 5.26. The molecule has 1 aromatic heterocycles. The number of rotatable bonds is 3. The number of carbonyl (C=O) groups is 1. The maximum absolute atomic E-state index is 13.6. The van der Waals surface area contributed by atoms with E-state index in [1.807, 2.05) is 17.9 Å². The predicted molar refractivity (Wildman–Crippen MR) is 113 cm³/mol. The monoisotopic (exact) mass is 438 g/mol. The molecule has 1 N–H and O–H groups in total. The number of hydrogen-bond acceptors (Lipinski definition) is 3. The van der Waals surface area contributed by atoms with E-state index >= 15 is 0 Å². The van der Waals surface area contributed by atoms with Crippen LogP contribution in [0, 0.1) is 0 Å². The van der Waals surface area contributed by atoms with Gasteiger partial charge in [0.15, 0.2) is 0 Å². The Bertz CT molecular complexity index is 968. The zero-order valence-electron chi connectivity index (χ0n) is 15.7. The van der Waals surface area contributed by atoms with Gasteiger partial charge in [-0.3, -0.25) is 4.79 Å². The van der Waals surface area contributed by atoms with E-state index in [9.17, 15) is 4.79 Å². The minimum atomic E-state index is -0.427. The quantitative estimate of drug-likeness (QED) is 0.684. The smallest absolute Gasteiger partial charge is 0.254 e. The van der Waals surface area contributed by atoms with Crippen LogP contribution < -0.4 is 5.32 Å². The summed E-state index contributed by atoms with van der Waals surface area (Å²) in [5.74, 6) is 0.697. The number of hydrogen-bond donors (Lipinski definition) is 1. The SMILES string of the molecule is CC[C@@H]1CCCN1C(=O)C1=C(C)Nc2c(Cl)cnn2C1c1ccc(Cl)c(Cl)c1. The summed E-state index contributed by atoms with van der Waals surface area (Å²) in [5, 5.41) is 9.12. The van der Waals surface area contributed by atoms with Gasteiger partial charge in [-0.2, -0.15) is 5.10 Å². The van der Waals surface area contributed by atoms with Crippen LogP contribution in [0.1, 0.15) is 44.7 Å². The Morgan fingerprint density at radius 1 is 1.25 bits per heavy atom. The van der Waals surface area contributed by atoms with E-state index in [0.29, 0.717) is 26.5 Å². The van der Waals surface area contributed by atoms with Gasteiger partial charge in [0.2, 0.25) is 0 Å². The molecule has 2 aliphatic rings. The van der Waals surface area contributed by atoms with Crippen molar-refractivity contribution < 1.29 is 4.79 Å². The Kier molecular flexibility index (Phi) is 5.34. The second-order valence-electron chi connectivity index (χ2n) is 7.23. The second-order valence-corrected chi connectivity index (χ2v) is 8.45. The van der Waals surface area contributed by atoms with Gasteiger partial charge in [-0.15, -0.1) is 0 Å². The van der Waals surface area contributed by atoms with Crippen molar-refractivity contribution in [2.45, 2.75) is 45.2 Å². The molecule has 1 saturated heterocycles. The molecule has 1 unspecified atom stereocenters. The van der Waals surface area contributed by atoms with Crippen molar-refractivity contribution in [3.05, 3.63) is 56.3 Å². The summed E-state index contributed by atoms with van der Waals surface area (Å²) in [6.45, 7) is 4.80. The van der Waals surface area contributed by atoms with Crippen molar-refractivity contribution in [3.63, 3.8) is 0 Å². The van der Waals surface area contributed by atoms with Gasteiger partial charge in [-0.05, 0) is 43.9 Å². The highest BCUT2D eigenvalue weighted by Crippen LogP contribution is 2.41. The van der Waals surface area contributed by atoms with Gasteiger partial charge >= 0.3 is 0 Å². The Morgan fingerprint density at radius 2 is 2.04 bits per heavy atom. The number of allylic oxidation sites excluding steroid dienone is 1. The number of carbonyl (C=O) groups excluding carboxylic acids is 1. The summed E-state index contributed by atoms with van der Waals surface area (Å²) in [5.41, 5.74) is 2.27. The number of aromatic nitrogens is 2. The Hall–Kier alpha value is -1.69. The molecular formula is C20H21Cl3N4O. The van der Waals surface area contributed by atoms with Crippen molar-refractivity contribution in [1.82, 2.24) is 14.7 Å². The van der Waals surface area contributed by atoms with Crippen LogP contribution in [0.5, 0.6) is 0 Å². The average Bonchev–Trinajstić information content (AvgIpc) is 3.29. The zero-order chi connectivity index (χ0) is 20.0. The van der Waals surface area contributed by atoms with Gasteiger partial charge in [-0.1, -0.05) is 47.8 Å². The first-order chi connectivity index (χ1) is 13.4. The molecule has 0 spiro atoms. The third kappa shape index (κ3) is 3.19. The lowest BCUT2D eigenvalue weighted by molar-refractivity contribution is -0.128. The maximum atomic E-state index is 13.6. The molecule has 1 fully saturated rings. The predicted octanol–water partition coefficient (Wildman–Crippen LogP) is 5.53. The van der Waals surface area contributed by atoms with Gasteiger partial charge in [0.05, 0.1) is 21.8 Å². The van der Waals surface area contributed by atoms with E-state index < -0.39 is 6.04 Å². The van der Waals surface area contributed by atoms with Crippen molar-refractivity contribution in [1.29, 1.82) is 0 Å². The minimum absolute atomic E-state index is 0.0303. The van der Waals surface area contributed by atoms with Crippen molar-refractivity contribution in [2.75, 3.05) is 11.9 Å². The molecule has 0 aliphatic carbocycles. The van der Waals surface area contributed by atoms with E-state index in [2.05, 4.69) is 17.3 Å². The molecule has 2 atom stereocenters. The standard InChI is InChI=1S/C20H21Cl3N4O/c1-3-13-5-4-8-26(13)20(28)17-11(2)25-19-16(23)10-24-27(19)18(17)12-6-7-14(21)15(22)9-12/h6-7,9-10,13,18,25H,3-5,8H2,1-2H3/t13-,18?/m1/s1. The molecule has 4 rings (SSSR count). The van der Waals surface area contributed by atoms with Gasteiger partial charge in [0.25, 0.3) is 5.91 Å². The van der Waals surface area contributed by atoms with Gasteiger partial charge < -0.3 is 10.2 Å². The van der Waals surface area contributed by atoms with Crippen LogP contribution >= 0.6 is 34.8 Å². The van der Waals surface area contributed by atoms with E-state index in [0.717, 1.165) is 37.1 Å². The van der Waals surface area contributed by atoms with Gasteiger partial charge in [0, 0.05) is 18.3 Å². The third-order valence-corrected chi connectivity index (χ3v) is 6.59. The highest BCUT2D eigenvalue weighted by molar-refractivity contribution is 6.42. The molecule has 0 saturated carbocycles. The number of nitrogens with one attached hydrogen (secondary N) is 1. The van der Waals surface area contributed by atoms with Crippen molar-refractivity contribution in [2.24, 2.45) is 0 Å². The lowest BCUT2D eigenvalue weighted by atomic mass is 9.94. The molecule has 1 aromatic carbocycles. The van der Waals surface area contributed by atoms with E-state index in [-0.39, 0.29) is 11.9 Å². The number of fused-ring (bicyclic) bond motifs is 1. The highest BCUT2D eigenvalue weighted by Gasteiger charge is 2.38. The van der Waals surface area contributed by atoms with Crippen LogP contribution in [-0.4, -0.2) is 33.2 Å². The molecular weight excluding hydrogens is 419 g/mol. The number of benzene rings is 1. The maximum Gasteiger partial charge on any atom is 0.254 e. The second kappa shape index (κ2) is 7.62. The Labute approximate surface area is 179 Å². The lowest BCUT2D eigenvalue weighted by Gasteiger charge is -2.33. The van der Waals surface area contributed by atoms with Crippen LogP contribution in [0.4, 0.5) is 5.82 Å². The van der Waals surface area contributed by atoms with Crippen LogP contribution in [0.3, 0.4) is 0 Å². The molecule has 148 valence electrons. The van der Waals surface area contributed by atoms with Crippen molar-refractivity contribution in [3.8, 4) is 0 Å². The summed E-state index contributed by atoms with van der Waals surface area (Å²) in [6.07, 6.45) is 4.60. The zero-order valence-corrected chi connectivity index (χ0v) is 17.9. The Balaban J connectivity index is 1.84. The van der Waals surface area contributed by atoms with Crippen LogP contribution in [0.25, 0.3) is 0 Å². The lowest BCUT2D eigenvalue weighted by Crippen LogP contribution is -2.40. The van der Waals surface area contributed by atoms with E-state index in [1.165, 1.54) is 0 Å². The fourth-order valence-corrected chi connectivity index (χ4v) is 4.66. The molecule has 5 nitrogen and oxygen atoms in total. The van der Waals surface area contributed by atoms with Gasteiger partial charge in [0.1, 0.15) is 16.9 Å². The summed E-state index contributed by atoms with van der Waals surface area (Å²) in [7, 11) is 0. The molecule has 0 bridgehead atoms. The van der Waals surface area contributed by atoms with Crippen LogP contribution in [0.15, 0.2) is 35.7 Å². The largest absolute Gasteiger partial charge is 0.342 e. The number of nitrogens with zero attached hydrogens (tertiary/aromatic N) is 3. The van der Waals surface area contributed by atoms with Crippen molar-refractivity contribution >= 4 is 46.5 Å².